The summed E-state index contributed by atoms with van der Waals surface area (Å²) in [5, 5.41) is 0. The van der Waals surface area contributed by atoms with Gasteiger partial charge in [0.2, 0.25) is 0 Å². The number of hydrogen-bond donors (Lipinski definition) is 2. The molecule has 5 nitrogen and oxygen atoms in total. The number of rotatable bonds is 3. The zero-order valence-electron chi connectivity index (χ0n) is 9.92. The van der Waals surface area contributed by atoms with Crippen LogP contribution in [0.2, 0.25) is 0 Å². The maximum atomic E-state index is 13.8. The Balaban J connectivity index is 2.59. The van der Waals surface area contributed by atoms with Crippen LogP contribution in [0.5, 0.6) is 0 Å². The lowest BCUT2D eigenvalue weighted by atomic mass is 10.1. The Morgan fingerprint density at radius 3 is 2.84 bits per heavy atom. The first-order chi connectivity index (χ1) is 9.02. The Morgan fingerprint density at radius 2 is 2.16 bits per heavy atom. The number of esters is 1. The Hall–Kier alpha value is -1.89. The first-order valence-electron chi connectivity index (χ1n) is 5.47. The van der Waals surface area contributed by atoms with Crippen LogP contribution in [0.15, 0.2) is 27.5 Å². The topological polar surface area (TPSA) is 75.0 Å². The summed E-state index contributed by atoms with van der Waals surface area (Å²) in [5.41, 5.74) is -0.515. The van der Waals surface area contributed by atoms with E-state index >= 15 is 0 Å². The average molecular weight is 329 g/mol. The molecule has 0 bridgehead atoms. The summed E-state index contributed by atoms with van der Waals surface area (Å²) in [6, 6.07) is 4.23. The van der Waals surface area contributed by atoms with E-state index in [2.05, 4.69) is 25.9 Å². The molecule has 7 heteroatoms. The van der Waals surface area contributed by atoms with Crippen LogP contribution in [0.25, 0.3) is 11.3 Å². The number of halogens is 2. The highest BCUT2D eigenvalue weighted by Gasteiger charge is 2.20. The average Bonchev–Trinajstić information content (AvgIpc) is 2.75. The highest BCUT2D eigenvalue weighted by molar-refractivity contribution is 9.10. The number of carbonyl (C=O) groups is 1. The number of H-pyrrole nitrogens is 2. The molecule has 0 radical (unpaired) electrons. The van der Waals surface area contributed by atoms with Crippen LogP contribution in [0.1, 0.15) is 17.4 Å². The van der Waals surface area contributed by atoms with Gasteiger partial charge in [0, 0.05) is 10.0 Å². The molecule has 1 aromatic heterocycles. The fourth-order valence-corrected chi connectivity index (χ4v) is 1.99. The van der Waals surface area contributed by atoms with Crippen molar-refractivity contribution in [1.82, 2.24) is 9.97 Å². The van der Waals surface area contributed by atoms with Gasteiger partial charge < -0.3 is 9.72 Å². The quantitative estimate of drug-likeness (QED) is 0.850. The van der Waals surface area contributed by atoms with Crippen LogP contribution in [-0.2, 0) is 4.74 Å². The zero-order valence-corrected chi connectivity index (χ0v) is 11.5. The third kappa shape index (κ3) is 2.76. The van der Waals surface area contributed by atoms with Crippen molar-refractivity contribution in [2.45, 2.75) is 6.92 Å². The third-order valence-corrected chi connectivity index (χ3v) is 2.90. The second-order valence-electron chi connectivity index (χ2n) is 3.67. The minimum Gasteiger partial charge on any atom is -0.461 e. The smallest absolute Gasteiger partial charge is 0.357 e. The van der Waals surface area contributed by atoms with E-state index < -0.39 is 17.5 Å². The molecule has 2 aromatic rings. The van der Waals surface area contributed by atoms with Crippen molar-refractivity contribution in [3.05, 3.63) is 44.7 Å². The highest BCUT2D eigenvalue weighted by atomic mass is 79.9. The first kappa shape index (κ1) is 13.5. The van der Waals surface area contributed by atoms with Gasteiger partial charge in [0.1, 0.15) is 5.82 Å². The van der Waals surface area contributed by atoms with Gasteiger partial charge in [-0.1, -0.05) is 15.9 Å². The van der Waals surface area contributed by atoms with Crippen molar-refractivity contribution >= 4 is 21.9 Å². The molecule has 0 atom stereocenters. The van der Waals surface area contributed by atoms with Crippen molar-refractivity contribution in [2.75, 3.05) is 6.61 Å². The number of aromatic amines is 2. The van der Waals surface area contributed by atoms with E-state index in [0.29, 0.717) is 4.47 Å². The van der Waals surface area contributed by atoms with Crippen molar-refractivity contribution in [3.63, 3.8) is 0 Å². The Kier molecular flexibility index (Phi) is 3.84. The van der Waals surface area contributed by atoms with Gasteiger partial charge in [-0.15, -0.1) is 0 Å². The van der Waals surface area contributed by atoms with Crippen molar-refractivity contribution in [1.29, 1.82) is 0 Å². The van der Waals surface area contributed by atoms with Crippen LogP contribution >= 0.6 is 15.9 Å². The molecular weight excluding hydrogens is 319 g/mol. The minimum absolute atomic E-state index is 0.0715. The molecule has 0 saturated carbocycles. The lowest BCUT2D eigenvalue weighted by Crippen LogP contribution is -2.08. The molecule has 0 aliphatic rings. The van der Waals surface area contributed by atoms with Gasteiger partial charge in [0.25, 0.3) is 0 Å². The standard InChI is InChI=1S/C12H10BrFN2O3/c1-2-19-11(17)10-9(15-12(18)16-10)7-5-6(13)3-4-8(7)14/h3-5H,2H2,1H3,(H2,15,16,18). The molecule has 0 fully saturated rings. The molecule has 0 saturated heterocycles. The van der Waals surface area contributed by atoms with Crippen LogP contribution in [0, 0.1) is 5.82 Å². The van der Waals surface area contributed by atoms with Crippen molar-refractivity contribution in [2.24, 2.45) is 0 Å². The minimum atomic E-state index is -0.713. The van der Waals surface area contributed by atoms with E-state index in [-0.39, 0.29) is 23.6 Å². The predicted octanol–water partition coefficient (Wildman–Crippen LogP) is 2.45. The zero-order chi connectivity index (χ0) is 14.0. The van der Waals surface area contributed by atoms with Gasteiger partial charge in [-0.3, -0.25) is 4.98 Å². The molecule has 0 unspecified atom stereocenters. The molecule has 0 spiro atoms. The Labute approximate surface area is 115 Å². The SMILES string of the molecule is CCOC(=O)c1[nH]c(=O)[nH]c1-c1cc(Br)ccc1F. The Bertz CT molecular complexity index is 678. The predicted molar refractivity (Wildman–Crippen MR) is 70.5 cm³/mol. The number of nitrogens with one attached hydrogen (secondary N) is 2. The van der Waals surface area contributed by atoms with Gasteiger partial charge in [-0.05, 0) is 25.1 Å². The van der Waals surface area contributed by atoms with E-state index in [1.54, 1.807) is 6.92 Å². The maximum absolute atomic E-state index is 13.8. The van der Waals surface area contributed by atoms with E-state index in [1.165, 1.54) is 18.2 Å². The summed E-state index contributed by atoms with van der Waals surface area (Å²) in [7, 11) is 0. The van der Waals surface area contributed by atoms with E-state index in [9.17, 15) is 14.0 Å². The lowest BCUT2D eigenvalue weighted by Gasteiger charge is -2.05. The van der Waals surface area contributed by atoms with Crippen LogP contribution in [-0.4, -0.2) is 22.5 Å². The number of benzene rings is 1. The van der Waals surface area contributed by atoms with Crippen molar-refractivity contribution in [3.8, 4) is 11.3 Å². The van der Waals surface area contributed by atoms with Gasteiger partial charge in [0.05, 0.1) is 12.3 Å². The molecule has 0 amide bonds. The van der Waals surface area contributed by atoms with E-state index in [0.717, 1.165) is 0 Å². The molecule has 0 aliphatic carbocycles. The van der Waals surface area contributed by atoms with E-state index in [1.807, 2.05) is 0 Å². The van der Waals surface area contributed by atoms with Gasteiger partial charge >= 0.3 is 11.7 Å². The molecule has 100 valence electrons. The molecule has 2 N–H and O–H groups in total. The van der Waals surface area contributed by atoms with Crippen LogP contribution in [0.4, 0.5) is 4.39 Å². The molecular formula is C12H10BrFN2O3. The summed E-state index contributed by atoms with van der Waals surface area (Å²) < 4.78 is 19.2. The summed E-state index contributed by atoms with van der Waals surface area (Å²) >= 11 is 3.21. The molecule has 2 rings (SSSR count). The summed E-state index contributed by atoms with van der Waals surface area (Å²) in [4.78, 5) is 27.7. The summed E-state index contributed by atoms with van der Waals surface area (Å²) in [6.07, 6.45) is 0. The number of aromatic nitrogens is 2. The van der Waals surface area contributed by atoms with Gasteiger partial charge in [0.15, 0.2) is 5.69 Å². The summed E-state index contributed by atoms with van der Waals surface area (Å²) in [6.45, 7) is 1.80. The Morgan fingerprint density at radius 1 is 1.42 bits per heavy atom. The third-order valence-electron chi connectivity index (χ3n) is 2.40. The number of hydrogen-bond acceptors (Lipinski definition) is 3. The largest absolute Gasteiger partial charge is 0.461 e. The second kappa shape index (κ2) is 5.40. The van der Waals surface area contributed by atoms with Crippen LogP contribution < -0.4 is 5.69 Å². The van der Waals surface area contributed by atoms with Gasteiger partial charge in [-0.25, -0.2) is 14.0 Å². The van der Waals surface area contributed by atoms with Gasteiger partial charge in [-0.2, -0.15) is 0 Å². The maximum Gasteiger partial charge on any atom is 0.357 e. The number of carbonyl (C=O) groups excluding carboxylic acids is 1. The van der Waals surface area contributed by atoms with Crippen molar-refractivity contribution < 1.29 is 13.9 Å². The molecule has 1 aromatic carbocycles. The molecule has 1 heterocycles. The normalized spacial score (nSPS) is 10.5. The second-order valence-corrected chi connectivity index (χ2v) is 4.59. The molecule has 0 aliphatic heterocycles. The first-order valence-corrected chi connectivity index (χ1v) is 6.27. The highest BCUT2D eigenvalue weighted by Crippen LogP contribution is 2.26. The fourth-order valence-electron chi connectivity index (χ4n) is 1.63. The lowest BCUT2D eigenvalue weighted by molar-refractivity contribution is 0.0521. The van der Waals surface area contributed by atoms with Crippen LogP contribution in [0.3, 0.4) is 0 Å². The fraction of sp³-hybridized carbons (Fsp3) is 0.167. The number of ether oxygens (including phenoxy) is 1. The van der Waals surface area contributed by atoms with E-state index in [4.69, 9.17) is 4.74 Å². The summed E-state index contributed by atoms with van der Waals surface area (Å²) in [5.74, 6) is -1.26. The molecule has 19 heavy (non-hydrogen) atoms. The number of imidazole rings is 1. The monoisotopic (exact) mass is 328 g/mol.